The van der Waals surface area contributed by atoms with Crippen LogP contribution < -0.4 is 5.32 Å². The molecule has 1 saturated heterocycles. The number of hydrogen-bond donors (Lipinski definition) is 1. The first-order chi connectivity index (χ1) is 8.13. The molecule has 0 bridgehead atoms. The van der Waals surface area contributed by atoms with Crippen molar-refractivity contribution in [2.24, 2.45) is 11.8 Å². The first-order valence-corrected chi connectivity index (χ1v) is 7.48. The molecule has 2 heteroatoms. The third-order valence-corrected chi connectivity index (χ3v) is 3.79. The van der Waals surface area contributed by atoms with Crippen molar-refractivity contribution in [2.45, 2.75) is 71.9 Å². The molecule has 0 amide bonds. The molecule has 0 aliphatic carbocycles. The van der Waals surface area contributed by atoms with E-state index in [0.29, 0.717) is 12.1 Å². The van der Waals surface area contributed by atoms with Crippen molar-refractivity contribution in [2.75, 3.05) is 13.2 Å². The summed E-state index contributed by atoms with van der Waals surface area (Å²) in [5.74, 6) is 1.54. The van der Waals surface area contributed by atoms with Crippen LogP contribution in [0.15, 0.2) is 0 Å². The minimum atomic E-state index is 0.502. The van der Waals surface area contributed by atoms with Gasteiger partial charge in [-0.15, -0.1) is 0 Å². The van der Waals surface area contributed by atoms with E-state index in [9.17, 15) is 0 Å². The van der Waals surface area contributed by atoms with Gasteiger partial charge in [0.15, 0.2) is 0 Å². The molecule has 3 unspecified atom stereocenters. The molecule has 0 aromatic carbocycles. The van der Waals surface area contributed by atoms with Crippen LogP contribution in [0.5, 0.6) is 0 Å². The van der Waals surface area contributed by atoms with E-state index in [4.69, 9.17) is 4.74 Å². The molecule has 3 atom stereocenters. The summed E-state index contributed by atoms with van der Waals surface area (Å²) in [6.07, 6.45) is 6.87. The Balaban J connectivity index is 2.40. The van der Waals surface area contributed by atoms with E-state index in [0.717, 1.165) is 25.0 Å². The summed E-state index contributed by atoms with van der Waals surface area (Å²) in [6.45, 7) is 11.3. The summed E-state index contributed by atoms with van der Waals surface area (Å²) in [6, 6.07) is 0.630. The summed E-state index contributed by atoms with van der Waals surface area (Å²) in [5, 5.41) is 3.66. The predicted molar refractivity (Wildman–Crippen MR) is 74.3 cm³/mol. The third-order valence-electron chi connectivity index (χ3n) is 3.79. The minimum absolute atomic E-state index is 0.502. The Hall–Kier alpha value is -0.0800. The van der Waals surface area contributed by atoms with Crippen molar-refractivity contribution in [1.82, 2.24) is 5.32 Å². The monoisotopic (exact) mass is 241 g/mol. The smallest absolute Gasteiger partial charge is 0.0590 e. The van der Waals surface area contributed by atoms with Crippen LogP contribution in [0.2, 0.25) is 0 Å². The third kappa shape index (κ3) is 5.87. The average Bonchev–Trinajstić information content (AvgIpc) is 2.29. The first kappa shape index (κ1) is 15.0. The molecule has 1 aliphatic heterocycles. The Labute approximate surface area is 108 Å². The van der Waals surface area contributed by atoms with E-state index < -0.39 is 0 Å². The van der Waals surface area contributed by atoms with Gasteiger partial charge in [-0.25, -0.2) is 0 Å². The van der Waals surface area contributed by atoms with Crippen LogP contribution in [-0.2, 0) is 4.74 Å². The number of nitrogens with one attached hydrogen (secondary N) is 1. The molecular formula is C15H31NO. The first-order valence-electron chi connectivity index (χ1n) is 7.48. The normalized spacial score (nSPS) is 24.9. The van der Waals surface area contributed by atoms with Gasteiger partial charge in [0.1, 0.15) is 0 Å². The van der Waals surface area contributed by atoms with Crippen molar-refractivity contribution < 1.29 is 4.74 Å². The summed E-state index contributed by atoms with van der Waals surface area (Å²) < 4.78 is 5.87. The number of hydrogen-bond acceptors (Lipinski definition) is 2. The summed E-state index contributed by atoms with van der Waals surface area (Å²) in [4.78, 5) is 0. The molecule has 2 nitrogen and oxygen atoms in total. The molecule has 0 radical (unpaired) electrons. The molecule has 102 valence electrons. The average molecular weight is 241 g/mol. The fourth-order valence-electron chi connectivity index (χ4n) is 2.96. The van der Waals surface area contributed by atoms with Crippen LogP contribution in [0.3, 0.4) is 0 Å². The highest BCUT2D eigenvalue weighted by Gasteiger charge is 2.23. The molecule has 17 heavy (non-hydrogen) atoms. The van der Waals surface area contributed by atoms with Gasteiger partial charge in [-0.3, -0.25) is 0 Å². The zero-order valence-corrected chi connectivity index (χ0v) is 12.2. The van der Waals surface area contributed by atoms with Crippen molar-refractivity contribution >= 4 is 0 Å². The fourth-order valence-corrected chi connectivity index (χ4v) is 2.96. The van der Waals surface area contributed by atoms with E-state index in [-0.39, 0.29) is 0 Å². The lowest BCUT2D eigenvalue weighted by Gasteiger charge is -2.31. The van der Waals surface area contributed by atoms with Crippen LogP contribution in [0.1, 0.15) is 59.8 Å². The Kier molecular flexibility index (Phi) is 7.14. The minimum Gasteiger partial charge on any atom is -0.378 e. The molecule has 0 aromatic rings. The fraction of sp³-hybridized carbons (Fsp3) is 1.00. The molecule has 1 fully saturated rings. The Morgan fingerprint density at radius 1 is 1.24 bits per heavy atom. The Bertz CT molecular complexity index is 187. The molecule has 1 heterocycles. The standard InChI is InChI=1S/C15H31NO/c1-5-16-15(13(4)10-12(2)3)11-14-8-6-7-9-17-14/h12-16H,5-11H2,1-4H3. The zero-order chi connectivity index (χ0) is 12.7. The van der Waals surface area contributed by atoms with Gasteiger partial charge in [-0.05, 0) is 50.5 Å². The second-order valence-electron chi connectivity index (χ2n) is 6.00. The van der Waals surface area contributed by atoms with E-state index in [1.54, 1.807) is 0 Å². The van der Waals surface area contributed by atoms with E-state index in [2.05, 4.69) is 33.0 Å². The number of ether oxygens (including phenoxy) is 1. The molecule has 0 aromatic heterocycles. The van der Waals surface area contributed by atoms with Gasteiger partial charge in [0, 0.05) is 12.6 Å². The highest BCUT2D eigenvalue weighted by Crippen LogP contribution is 2.23. The van der Waals surface area contributed by atoms with Crippen molar-refractivity contribution in [3.05, 3.63) is 0 Å². The summed E-state index contributed by atoms with van der Waals surface area (Å²) >= 11 is 0. The lowest BCUT2D eigenvalue weighted by Crippen LogP contribution is -2.39. The lowest BCUT2D eigenvalue weighted by atomic mass is 9.87. The zero-order valence-electron chi connectivity index (χ0n) is 12.2. The van der Waals surface area contributed by atoms with Crippen LogP contribution in [0.4, 0.5) is 0 Å². The summed E-state index contributed by atoms with van der Waals surface area (Å²) in [5.41, 5.74) is 0. The second kappa shape index (κ2) is 8.10. The molecule has 0 saturated carbocycles. The van der Waals surface area contributed by atoms with Crippen molar-refractivity contribution in [3.63, 3.8) is 0 Å². The second-order valence-corrected chi connectivity index (χ2v) is 6.00. The van der Waals surface area contributed by atoms with Crippen molar-refractivity contribution in [3.8, 4) is 0 Å². The topological polar surface area (TPSA) is 21.3 Å². The maximum Gasteiger partial charge on any atom is 0.0590 e. The predicted octanol–water partition coefficient (Wildman–Crippen LogP) is 3.61. The van der Waals surface area contributed by atoms with Crippen LogP contribution in [-0.4, -0.2) is 25.3 Å². The van der Waals surface area contributed by atoms with Crippen LogP contribution in [0, 0.1) is 11.8 Å². The lowest BCUT2D eigenvalue weighted by molar-refractivity contribution is 0.00111. The molecule has 0 spiro atoms. The van der Waals surface area contributed by atoms with Gasteiger partial charge in [-0.1, -0.05) is 27.7 Å². The molecule has 1 rings (SSSR count). The van der Waals surface area contributed by atoms with Gasteiger partial charge in [0.05, 0.1) is 6.10 Å². The maximum absolute atomic E-state index is 5.87. The highest BCUT2D eigenvalue weighted by atomic mass is 16.5. The Morgan fingerprint density at radius 2 is 2.00 bits per heavy atom. The molecule has 1 N–H and O–H groups in total. The van der Waals surface area contributed by atoms with Crippen LogP contribution in [0.25, 0.3) is 0 Å². The van der Waals surface area contributed by atoms with E-state index in [1.807, 2.05) is 0 Å². The van der Waals surface area contributed by atoms with Crippen molar-refractivity contribution in [1.29, 1.82) is 0 Å². The maximum atomic E-state index is 5.87. The van der Waals surface area contributed by atoms with Gasteiger partial charge in [0.2, 0.25) is 0 Å². The quantitative estimate of drug-likeness (QED) is 0.735. The number of rotatable bonds is 7. The largest absolute Gasteiger partial charge is 0.378 e. The SMILES string of the molecule is CCNC(CC1CCCCO1)C(C)CC(C)C. The Morgan fingerprint density at radius 3 is 2.53 bits per heavy atom. The molecular weight excluding hydrogens is 210 g/mol. The van der Waals surface area contributed by atoms with Gasteiger partial charge < -0.3 is 10.1 Å². The van der Waals surface area contributed by atoms with E-state index >= 15 is 0 Å². The van der Waals surface area contributed by atoms with Gasteiger partial charge in [0.25, 0.3) is 0 Å². The van der Waals surface area contributed by atoms with Gasteiger partial charge in [-0.2, -0.15) is 0 Å². The van der Waals surface area contributed by atoms with E-state index in [1.165, 1.54) is 32.1 Å². The van der Waals surface area contributed by atoms with Gasteiger partial charge >= 0.3 is 0 Å². The highest BCUT2D eigenvalue weighted by molar-refractivity contribution is 4.79. The summed E-state index contributed by atoms with van der Waals surface area (Å²) in [7, 11) is 0. The molecule has 1 aliphatic rings. The van der Waals surface area contributed by atoms with Crippen LogP contribution >= 0.6 is 0 Å².